The number of methoxy groups -OCH3 is 2. The van der Waals surface area contributed by atoms with Gasteiger partial charge in [-0.3, -0.25) is 0 Å². The summed E-state index contributed by atoms with van der Waals surface area (Å²) in [5.74, 6) is 3.95. The number of aromatic nitrogens is 3. The highest BCUT2D eigenvalue weighted by molar-refractivity contribution is 5.69. The number of ether oxygens (including phenoxy) is 2. The van der Waals surface area contributed by atoms with Crippen LogP contribution in [0, 0.1) is 18.8 Å². The molecule has 0 amide bonds. The number of anilines is 1. The zero-order chi connectivity index (χ0) is 19.8. The Kier molecular flexibility index (Phi) is 4.87. The lowest BCUT2D eigenvalue weighted by Crippen LogP contribution is -2.39. The maximum atomic E-state index is 5.42. The van der Waals surface area contributed by atoms with E-state index < -0.39 is 0 Å². The summed E-state index contributed by atoms with van der Waals surface area (Å²) in [5, 5.41) is 4.90. The van der Waals surface area contributed by atoms with Crippen molar-refractivity contribution < 1.29 is 9.47 Å². The van der Waals surface area contributed by atoms with Crippen LogP contribution >= 0.6 is 0 Å². The topological polar surface area (TPSA) is 51.9 Å². The van der Waals surface area contributed by atoms with Gasteiger partial charge in [0.25, 0.3) is 0 Å². The molecule has 1 saturated heterocycles. The van der Waals surface area contributed by atoms with Gasteiger partial charge in [0.05, 0.1) is 19.9 Å². The van der Waals surface area contributed by atoms with Gasteiger partial charge in [0.2, 0.25) is 0 Å². The van der Waals surface area contributed by atoms with Crippen molar-refractivity contribution in [2.24, 2.45) is 11.8 Å². The third-order valence-electron chi connectivity index (χ3n) is 5.38. The number of piperidine rings is 1. The molecule has 1 aromatic carbocycles. The maximum Gasteiger partial charge on any atom is 0.158 e. The van der Waals surface area contributed by atoms with Gasteiger partial charge in [-0.1, -0.05) is 13.8 Å². The van der Waals surface area contributed by atoms with Crippen molar-refractivity contribution in [2.45, 2.75) is 27.2 Å². The second kappa shape index (κ2) is 7.34. The van der Waals surface area contributed by atoms with Crippen LogP contribution in [0.5, 0.6) is 11.5 Å². The maximum absolute atomic E-state index is 5.42. The Morgan fingerprint density at radius 1 is 0.929 bits per heavy atom. The van der Waals surface area contributed by atoms with E-state index in [0.29, 0.717) is 11.8 Å². The molecule has 6 nitrogen and oxygen atoms in total. The van der Waals surface area contributed by atoms with E-state index in [1.807, 2.05) is 35.7 Å². The fourth-order valence-corrected chi connectivity index (χ4v) is 4.25. The van der Waals surface area contributed by atoms with E-state index in [4.69, 9.17) is 19.6 Å². The van der Waals surface area contributed by atoms with Gasteiger partial charge in [0.15, 0.2) is 5.65 Å². The summed E-state index contributed by atoms with van der Waals surface area (Å²) in [7, 11) is 3.31. The lowest BCUT2D eigenvalue weighted by atomic mass is 9.92. The van der Waals surface area contributed by atoms with Gasteiger partial charge >= 0.3 is 0 Å². The molecule has 0 spiro atoms. The monoisotopic (exact) mass is 380 g/mol. The van der Waals surface area contributed by atoms with E-state index in [0.717, 1.165) is 53.0 Å². The highest BCUT2D eigenvalue weighted by Gasteiger charge is 2.24. The van der Waals surface area contributed by atoms with Gasteiger partial charge in [0.1, 0.15) is 17.3 Å². The number of hydrogen-bond acceptors (Lipinski definition) is 5. The molecular formula is C22H28N4O2. The summed E-state index contributed by atoms with van der Waals surface area (Å²) in [6.45, 7) is 8.79. The van der Waals surface area contributed by atoms with Crippen molar-refractivity contribution in [2.75, 3.05) is 32.2 Å². The van der Waals surface area contributed by atoms with Crippen molar-refractivity contribution >= 4 is 11.5 Å². The van der Waals surface area contributed by atoms with Crippen molar-refractivity contribution in [1.82, 2.24) is 14.6 Å². The van der Waals surface area contributed by atoms with Gasteiger partial charge in [0, 0.05) is 42.5 Å². The molecule has 0 radical (unpaired) electrons. The molecule has 1 fully saturated rings. The van der Waals surface area contributed by atoms with E-state index in [9.17, 15) is 0 Å². The van der Waals surface area contributed by atoms with Crippen molar-refractivity contribution in [3.63, 3.8) is 0 Å². The molecule has 0 bridgehead atoms. The van der Waals surface area contributed by atoms with Gasteiger partial charge < -0.3 is 14.4 Å². The van der Waals surface area contributed by atoms with E-state index in [-0.39, 0.29) is 0 Å². The smallest absolute Gasteiger partial charge is 0.158 e. The first-order valence-corrected chi connectivity index (χ1v) is 9.82. The van der Waals surface area contributed by atoms with E-state index >= 15 is 0 Å². The predicted octanol–water partition coefficient (Wildman–Crippen LogP) is 4.20. The fourth-order valence-electron chi connectivity index (χ4n) is 4.25. The average Bonchev–Trinajstić information content (AvgIpc) is 3.10. The first kappa shape index (κ1) is 18.6. The minimum atomic E-state index is 0.671. The number of benzene rings is 1. The van der Waals surface area contributed by atoms with Gasteiger partial charge in [-0.25, -0.2) is 4.98 Å². The normalized spacial score (nSPS) is 19.8. The van der Waals surface area contributed by atoms with Crippen LogP contribution in [0.4, 0.5) is 5.82 Å². The molecule has 0 saturated carbocycles. The number of fused-ring (bicyclic) bond motifs is 1. The Hall–Kier alpha value is -2.76. The standard InChI is InChI=1S/C22H28N4O2/c1-14-6-15(2)13-25(12-14)22-7-16(3)23-21-11-20(24-26(21)22)17-8-18(27-4)10-19(9-17)28-5/h7-11,14-15H,6,12-13H2,1-5H3/t14-,15-/m1/s1. The summed E-state index contributed by atoms with van der Waals surface area (Å²) in [6.07, 6.45) is 1.28. The van der Waals surface area contributed by atoms with Crippen LogP contribution in [-0.4, -0.2) is 41.9 Å². The second-order valence-corrected chi connectivity index (χ2v) is 8.01. The quantitative estimate of drug-likeness (QED) is 0.679. The summed E-state index contributed by atoms with van der Waals surface area (Å²) >= 11 is 0. The third kappa shape index (κ3) is 3.51. The zero-order valence-electron chi connectivity index (χ0n) is 17.3. The summed E-state index contributed by atoms with van der Waals surface area (Å²) in [6, 6.07) is 9.98. The Morgan fingerprint density at radius 3 is 2.18 bits per heavy atom. The minimum Gasteiger partial charge on any atom is -0.497 e. The van der Waals surface area contributed by atoms with Gasteiger partial charge in [-0.05, 0) is 37.3 Å². The SMILES string of the molecule is COc1cc(OC)cc(-c2cc3nc(C)cc(N4C[C@H](C)C[C@@H](C)C4)n3n2)c1. The Labute approximate surface area is 166 Å². The molecule has 4 rings (SSSR count). The Morgan fingerprint density at radius 2 is 1.57 bits per heavy atom. The molecule has 1 aliphatic rings. The van der Waals surface area contributed by atoms with Crippen molar-refractivity contribution in [1.29, 1.82) is 0 Å². The zero-order valence-corrected chi connectivity index (χ0v) is 17.3. The van der Waals surface area contributed by atoms with Gasteiger partial charge in [-0.2, -0.15) is 9.61 Å². The predicted molar refractivity (Wildman–Crippen MR) is 111 cm³/mol. The molecule has 1 aliphatic heterocycles. The fraction of sp³-hybridized carbons (Fsp3) is 0.455. The molecule has 0 N–H and O–H groups in total. The van der Waals surface area contributed by atoms with Crippen LogP contribution in [-0.2, 0) is 0 Å². The molecule has 3 heterocycles. The second-order valence-electron chi connectivity index (χ2n) is 8.01. The first-order chi connectivity index (χ1) is 13.5. The van der Waals surface area contributed by atoms with Crippen LogP contribution in [0.3, 0.4) is 0 Å². The molecule has 0 unspecified atom stereocenters. The Bertz CT molecular complexity index is 965. The van der Waals surface area contributed by atoms with E-state index in [1.54, 1.807) is 14.2 Å². The third-order valence-corrected chi connectivity index (χ3v) is 5.38. The molecule has 6 heteroatoms. The number of nitrogens with zero attached hydrogens (tertiary/aromatic N) is 4. The molecular weight excluding hydrogens is 352 g/mol. The summed E-state index contributed by atoms with van der Waals surface area (Å²) < 4.78 is 12.8. The van der Waals surface area contributed by atoms with Crippen LogP contribution < -0.4 is 14.4 Å². The van der Waals surface area contributed by atoms with Crippen LogP contribution in [0.2, 0.25) is 0 Å². The van der Waals surface area contributed by atoms with Crippen LogP contribution in [0.25, 0.3) is 16.9 Å². The van der Waals surface area contributed by atoms with E-state index in [1.165, 1.54) is 6.42 Å². The van der Waals surface area contributed by atoms with Crippen molar-refractivity contribution in [3.8, 4) is 22.8 Å². The molecule has 2 aromatic heterocycles. The highest BCUT2D eigenvalue weighted by atomic mass is 16.5. The molecule has 2 atom stereocenters. The highest BCUT2D eigenvalue weighted by Crippen LogP contribution is 2.32. The lowest BCUT2D eigenvalue weighted by Gasteiger charge is -2.36. The van der Waals surface area contributed by atoms with Crippen molar-refractivity contribution in [3.05, 3.63) is 36.0 Å². The van der Waals surface area contributed by atoms with E-state index in [2.05, 4.69) is 24.8 Å². The summed E-state index contributed by atoms with van der Waals surface area (Å²) in [4.78, 5) is 7.16. The molecule has 0 aliphatic carbocycles. The van der Waals surface area contributed by atoms with Crippen LogP contribution in [0.1, 0.15) is 26.0 Å². The largest absolute Gasteiger partial charge is 0.497 e. The number of aryl methyl sites for hydroxylation is 1. The minimum absolute atomic E-state index is 0.671. The Balaban J connectivity index is 1.81. The number of hydrogen-bond donors (Lipinski definition) is 0. The first-order valence-electron chi connectivity index (χ1n) is 9.82. The average molecular weight is 380 g/mol. The van der Waals surface area contributed by atoms with Crippen LogP contribution in [0.15, 0.2) is 30.3 Å². The van der Waals surface area contributed by atoms with Gasteiger partial charge in [-0.15, -0.1) is 0 Å². The molecule has 3 aromatic rings. The lowest BCUT2D eigenvalue weighted by molar-refractivity contribution is 0.354. The molecule has 28 heavy (non-hydrogen) atoms. The molecule has 148 valence electrons. The summed E-state index contributed by atoms with van der Waals surface area (Å²) in [5.41, 5.74) is 3.67. The number of rotatable bonds is 4.